The van der Waals surface area contributed by atoms with Crippen LogP contribution in [0.4, 0.5) is 11.4 Å². The summed E-state index contributed by atoms with van der Waals surface area (Å²) in [7, 11) is 0. The quantitative estimate of drug-likeness (QED) is 0.437. The van der Waals surface area contributed by atoms with Gasteiger partial charge in [0.15, 0.2) is 0 Å². The topological polar surface area (TPSA) is 101 Å². The standard InChI is InChI=1S/C20H18N2O5S/c1-2-13-3-7-15(8-4-13)21-19(24)17(18(20(21)25)28-12-11-23)14-5-9-16(10-6-14)22(26)27/h3-10,23H,2,11-12H2,1H3. The van der Waals surface area contributed by atoms with Gasteiger partial charge in [-0.1, -0.05) is 19.1 Å². The van der Waals surface area contributed by atoms with E-state index in [9.17, 15) is 19.7 Å². The maximum atomic E-state index is 13.1. The van der Waals surface area contributed by atoms with E-state index in [1.807, 2.05) is 19.1 Å². The van der Waals surface area contributed by atoms with Gasteiger partial charge in [0.2, 0.25) is 0 Å². The molecule has 0 aliphatic carbocycles. The number of anilines is 1. The lowest BCUT2D eigenvalue weighted by molar-refractivity contribution is -0.384. The summed E-state index contributed by atoms with van der Waals surface area (Å²) in [6, 6.07) is 12.7. The van der Waals surface area contributed by atoms with Crippen LogP contribution < -0.4 is 4.90 Å². The van der Waals surface area contributed by atoms with Gasteiger partial charge in [0, 0.05) is 17.9 Å². The monoisotopic (exact) mass is 398 g/mol. The maximum Gasteiger partial charge on any atom is 0.272 e. The molecule has 1 heterocycles. The van der Waals surface area contributed by atoms with Crippen molar-refractivity contribution in [1.29, 1.82) is 0 Å². The van der Waals surface area contributed by atoms with Crippen molar-refractivity contribution in [3.05, 3.63) is 74.7 Å². The molecule has 144 valence electrons. The van der Waals surface area contributed by atoms with Crippen molar-refractivity contribution in [2.45, 2.75) is 13.3 Å². The fourth-order valence-electron chi connectivity index (χ4n) is 2.91. The lowest BCUT2D eigenvalue weighted by Gasteiger charge is -2.15. The van der Waals surface area contributed by atoms with Gasteiger partial charge in [0.1, 0.15) is 0 Å². The molecule has 1 N–H and O–H groups in total. The van der Waals surface area contributed by atoms with E-state index in [0.717, 1.165) is 28.6 Å². The predicted octanol–water partition coefficient (Wildman–Crippen LogP) is 3.17. The average molecular weight is 398 g/mol. The number of imide groups is 1. The summed E-state index contributed by atoms with van der Waals surface area (Å²) in [5, 5.41) is 20.0. The number of hydrogen-bond acceptors (Lipinski definition) is 6. The van der Waals surface area contributed by atoms with Gasteiger partial charge in [-0.3, -0.25) is 19.7 Å². The Kier molecular flexibility index (Phi) is 5.91. The Morgan fingerprint density at radius 2 is 1.68 bits per heavy atom. The number of nitro benzene ring substituents is 1. The number of aliphatic hydroxyl groups excluding tert-OH is 1. The highest BCUT2D eigenvalue weighted by Gasteiger charge is 2.40. The molecular weight excluding hydrogens is 380 g/mol. The average Bonchev–Trinajstić information content (AvgIpc) is 2.96. The number of amides is 2. The highest BCUT2D eigenvalue weighted by atomic mass is 32.2. The molecule has 2 amide bonds. The van der Waals surface area contributed by atoms with Crippen LogP contribution in [0.3, 0.4) is 0 Å². The normalized spacial score (nSPS) is 14.1. The Labute approximate surface area is 165 Å². The number of benzene rings is 2. The van der Waals surface area contributed by atoms with Crippen LogP contribution in [0.25, 0.3) is 5.57 Å². The van der Waals surface area contributed by atoms with Crippen LogP contribution in [0, 0.1) is 10.1 Å². The van der Waals surface area contributed by atoms with E-state index in [2.05, 4.69) is 0 Å². The molecule has 0 bridgehead atoms. The van der Waals surface area contributed by atoms with Crippen molar-refractivity contribution >= 4 is 40.5 Å². The van der Waals surface area contributed by atoms with Crippen LogP contribution >= 0.6 is 11.8 Å². The third kappa shape index (κ3) is 3.69. The molecular formula is C20H18N2O5S. The largest absolute Gasteiger partial charge is 0.396 e. The summed E-state index contributed by atoms with van der Waals surface area (Å²) in [5.74, 6) is -0.683. The molecule has 2 aromatic carbocycles. The van der Waals surface area contributed by atoms with Crippen LogP contribution in [-0.4, -0.2) is 34.2 Å². The van der Waals surface area contributed by atoms with E-state index in [4.69, 9.17) is 5.11 Å². The summed E-state index contributed by atoms with van der Waals surface area (Å²) < 4.78 is 0. The second-order valence-electron chi connectivity index (χ2n) is 6.05. The molecule has 0 aromatic heterocycles. The number of non-ortho nitro benzene ring substituents is 1. The van der Waals surface area contributed by atoms with Crippen LogP contribution in [-0.2, 0) is 16.0 Å². The van der Waals surface area contributed by atoms with Gasteiger partial charge < -0.3 is 5.11 Å². The Bertz CT molecular complexity index is 952. The summed E-state index contributed by atoms with van der Waals surface area (Å²) in [5.41, 5.74) is 2.07. The minimum absolute atomic E-state index is 0.0994. The van der Waals surface area contributed by atoms with Crippen LogP contribution in [0.2, 0.25) is 0 Å². The fourth-order valence-corrected chi connectivity index (χ4v) is 3.77. The molecule has 0 atom stereocenters. The molecule has 0 spiro atoms. The second kappa shape index (κ2) is 8.37. The van der Waals surface area contributed by atoms with Crippen LogP contribution in [0.15, 0.2) is 53.4 Å². The van der Waals surface area contributed by atoms with Gasteiger partial charge in [-0.2, -0.15) is 0 Å². The molecule has 2 aromatic rings. The smallest absolute Gasteiger partial charge is 0.272 e. The first-order valence-corrected chi connectivity index (χ1v) is 9.67. The zero-order chi connectivity index (χ0) is 20.3. The summed E-state index contributed by atoms with van der Waals surface area (Å²) in [4.78, 5) is 37.8. The van der Waals surface area contributed by atoms with Crippen LogP contribution in [0.5, 0.6) is 0 Å². The number of carbonyl (C=O) groups is 2. The third-order valence-electron chi connectivity index (χ3n) is 4.35. The summed E-state index contributed by atoms with van der Waals surface area (Å²) in [6.07, 6.45) is 0.839. The molecule has 1 aliphatic heterocycles. The van der Waals surface area contributed by atoms with Gasteiger partial charge in [-0.25, -0.2) is 4.90 Å². The SMILES string of the molecule is CCc1ccc(N2C(=O)C(SCCO)=C(c3ccc([N+](=O)[O-])cc3)C2=O)cc1. The van der Waals surface area contributed by atoms with Crippen molar-refractivity contribution in [2.75, 3.05) is 17.3 Å². The van der Waals surface area contributed by atoms with Crippen molar-refractivity contribution < 1.29 is 19.6 Å². The number of aliphatic hydroxyl groups is 1. The van der Waals surface area contributed by atoms with Crippen molar-refractivity contribution in [3.8, 4) is 0 Å². The Morgan fingerprint density at radius 1 is 1.04 bits per heavy atom. The summed E-state index contributed by atoms with van der Waals surface area (Å²) >= 11 is 1.10. The molecule has 3 rings (SSSR count). The number of nitro groups is 1. The second-order valence-corrected chi connectivity index (χ2v) is 7.15. The number of rotatable bonds is 7. The van der Waals surface area contributed by atoms with E-state index in [1.165, 1.54) is 24.3 Å². The molecule has 28 heavy (non-hydrogen) atoms. The van der Waals surface area contributed by atoms with E-state index in [-0.39, 0.29) is 28.5 Å². The van der Waals surface area contributed by atoms with E-state index in [0.29, 0.717) is 11.3 Å². The fraction of sp³-hybridized carbons (Fsp3) is 0.200. The predicted molar refractivity (Wildman–Crippen MR) is 108 cm³/mol. The van der Waals surface area contributed by atoms with Crippen LogP contribution in [0.1, 0.15) is 18.1 Å². The number of nitrogens with zero attached hydrogens (tertiary/aromatic N) is 2. The minimum Gasteiger partial charge on any atom is -0.396 e. The minimum atomic E-state index is -0.525. The zero-order valence-electron chi connectivity index (χ0n) is 15.1. The molecule has 1 aliphatic rings. The highest BCUT2D eigenvalue weighted by Crippen LogP contribution is 2.38. The molecule has 7 nitrogen and oxygen atoms in total. The lowest BCUT2D eigenvalue weighted by Crippen LogP contribution is -2.31. The first-order chi connectivity index (χ1) is 13.5. The molecule has 0 saturated carbocycles. The Morgan fingerprint density at radius 3 is 2.21 bits per heavy atom. The summed E-state index contributed by atoms with van der Waals surface area (Å²) in [6.45, 7) is 1.87. The van der Waals surface area contributed by atoms with Crippen molar-refractivity contribution in [2.24, 2.45) is 0 Å². The Balaban J connectivity index is 2.02. The first-order valence-electron chi connectivity index (χ1n) is 8.68. The lowest BCUT2D eigenvalue weighted by atomic mass is 10.1. The van der Waals surface area contributed by atoms with E-state index in [1.54, 1.807) is 12.1 Å². The molecule has 0 fully saturated rings. The number of thioether (sulfide) groups is 1. The van der Waals surface area contributed by atoms with Gasteiger partial charge >= 0.3 is 0 Å². The van der Waals surface area contributed by atoms with E-state index >= 15 is 0 Å². The molecule has 0 saturated heterocycles. The molecule has 8 heteroatoms. The maximum absolute atomic E-state index is 13.1. The highest BCUT2D eigenvalue weighted by molar-refractivity contribution is 8.04. The number of aryl methyl sites for hydroxylation is 1. The number of carbonyl (C=O) groups excluding carboxylic acids is 2. The molecule has 0 unspecified atom stereocenters. The van der Waals surface area contributed by atoms with Crippen molar-refractivity contribution in [1.82, 2.24) is 0 Å². The van der Waals surface area contributed by atoms with Crippen molar-refractivity contribution in [3.63, 3.8) is 0 Å². The molecule has 0 radical (unpaired) electrons. The van der Waals surface area contributed by atoms with E-state index < -0.39 is 16.7 Å². The Hall–Kier alpha value is -2.97. The van der Waals surface area contributed by atoms with Gasteiger partial charge in [-0.05, 0) is 41.8 Å². The van der Waals surface area contributed by atoms with Gasteiger partial charge in [0.05, 0.1) is 27.7 Å². The van der Waals surface area contributed by atoms with Gasteiger partial charge in [0.25, 0.3) is 17.5 Å². The van der Waals surface area contributed by atoms with Gasteiger partial charge in [-0.15, -0.1) is 11.8 Å². The first kappa shape index (κ1) is 19.8. The zero-order valence-corrected chi connectivity index (χ0v) is 15.9. The number of hydrogen-bond donors (Lipinski definition) is 1. The third-order valence-corrected chi connectivity index (χ3v) is 5.40.